The SMILES string of the molecule is N=c1c(N=Nc2ccccc2)c(N)n2c(=O)c3ccccc3c(=O)n12. The van der Waals surface area contributed by atoms with Crippen molar-refractivity contribution in [2.75, 3.05) is 5.73 Å². The fourth-order valence-corrected chi connectivity index (χ4v) is 2.71. The van der Waals surface area contributed by atoms with Gasteiger partial charge < -0.3 is 5.73 Å². The number of nitrogen functional groups attached to an aromatic ring is 1. The number of hydrogen-bond donors (Lipinski definition) is 2. The van der Waals surface area contributed by atoms with E-state index in [0.717, 1.165) is 9.03 Å². The Kier molecular flexibility index (Phi) is 3.17. The molecule has 0 unspecified atom stereocenters. The van der Waals surface area contributed by atoms with E-state index in [4.69, 9.17) is 11.1 Å². The van der Waals surface area contributed by atoms with Gasteiger partial charge in [0.25, 0.3) is 11.1 Å². The van der Waals surface area contributed by atoms with Crippen molar-refractivity contribution in [3.05, 3.63) is 80.8 Å². The van der Waals surface area contributed by atoms with Crippen LogP contribution in [0, 0.1) is 5.41 Å². The molecule has 8 heteroatoms. The van der Waals surface area contributed by atoms with Gasteiger partial charge >= 0.3 is 0 Å². The van der Waals surface area contributed by atoms with Crippen molar-refractivity contribution in [2.24, 2.45) is 10.2 Å². The Bertz CT molecular complexity index is 1300. The molecule has 0 saturated heterocycles. The minimum atomic E-state index is -0.506. The van der Waals surface area contributed by atoms with E-state index >= 15 is 0 Å². The van der Waals surface area contributed by atoms with Crippen LogP contribution in [0.15, 0.2) is 74.4 Å². The van der Waals surface area contributed by atoms with E-state index < -0.39 is 11.1 Å². The molecule has 122 valence electrons. The van der Waals surface area contributed by atoms with Crippen molar-refractivity contribution in [3.63, 3.8) is 0 Å². The van der Waals surface area contributed by atoms with Crippen LogP contribution in [-0.4, -0.2) is 9.03 Å². The van der Waals surface area contributed by atoms with Crippen LogP contribution in [0.25, 0.3) is 10.8 Å². The summed E-state index contributed by atoms with van der Waals surface area (Å²) in [6.45, 7) is 0. The van der Waals surface area contributed by atoms with Crippen LogP contribution in [0.4, 0.5) is 17.2 Å². The summed E-state index contributed by atoms with van der Waals surface area (Å²) in [5, 5.41) is 16.7. The van der Waals surface area contributed by atoms with Gasteiger partial charge in [0.1, 0.15) is 0 Å². The monoisotopic (exact) mass is 332 g/mol. The number of hydrogen-bond acceptors (Lipinski definition) is 6. The van der Waals surface area contributed by atoms with Gasteiger partial charge in [-0.2, -0.15) is 14.1 Å². The molecule has 4 rings (SSSR count). The highest BCUT2D eigenvalue weighted by molar-refractivity contribution is 5.81. The third-order valence-corrected chi connectivity index (χ3v) is 3.90. The second-order valence-corrected chi connectivity index (χ2v) is 5.40. The van der Waals surface area contributed by atoms with Crippen molar-refractivity contribution >= 4 is 28.0 Å². The van der Waals surface area contributed by atoms with Crippen LogP contribution >= 0.6 is 0 Å². The maximum Gasteiger partial charge on any atom is 0.279 e. The van der Waals surface area contributed by atoms with Crippen LogP contribution in [0.3, 0.4) is 0 Å². The average molecular weight is 332 g/mol. The zero-order valence-electron chi connectivity index (χ0n) is 12.9. The van der Waals surface area contributed by atoms with Crippen molar-refractivity contribution < 1.29 is 0 Å². The minimum Gasteiger partial charge on any atom is -0.382 e. The Hall–Kier alpha value is -3.81. The Labute approximate surface area is 139 Å². The van der Waals surface area contributed by atoms with E-state index in [9.17, 15) is 9.59 Å². The number of nitrogens with one attached hydrogen (secondary N) is 1. The van der Waals surface area contributed by atoms with E-state index in [1.165, 1.54) is 0 Å². The van der Waals surface area contributed by atoms with Gasteiger partial charge in [-0.15, -0.1) is 5.11 Å². The topological polar surface area (TPSA) is 118 Å². The van der Waals surface area contributed by atoms with E-state index in [0.29, 0.717) is 5.69 Å². The molecule has 0 aliphatic carbocycles. The molecule has 0 aliphatic rings. The maximum absolute atomic E-state index is 12.7. The van der Waals surface area contributed by atoms with E-state index in [1.807, 2.05) is 6.07 Å². The normalized spacial score (nSPS) is 11.7. The third kappa shape index (κ3) is 2.12. The molecular weight excluding hydrogens is 320 g/mol. The fourth-order valence-electron chi connectivity index (χ4n) is 2.71. The fraction of sp³-hybridized carbons (Fsp3) is 0. The lowest BCUT2D eigenvalue weighted by molar-refractivity contribution is 0.740. The van der Waals surface area contributed by atoms with E-state index in [-0.39, 0.29) is 27.8 Å². The lowest BCUT2D eigenvalue weighted by Gasteiger charge is -2.00. The minimum absolute atomic E-state index is 0.0293. The molecule has 4 aromatic rings. The zero-order valence-corrected chi connectivity index (χ0v) is 12.9. The second kappa shape index (κ2) is 5.38. The summed E-state index contributed by atoms with van der Waals surface area (Å²) in [7, 11) is 0. The van der Waals surface area contributed by atoms with Crippen molar-refractivity contribution in [1.82, 2.24) is 9.03 Å². The molecule has 0 amide bonds. The molecule has 3 N–H and O–H groups in total. The molecule has 2 aromatic carbocycles. The molecule has 25 heavy (non-hydrogen) atoms. The van der Waals surface area contributed by atoms with E-state index in [2.05, 4.69) is 10.2 Å². The number of benzene rings is 2. The molecule has 0 bridgehead atoms. The molecule has 2 aromatic heterocycles. The number of nitrogens with zero attached hydrogens (tertiary/aromatic N) is 4. The summed E-state index contributed by atoms with van der Waals surface area (Å²) < 4.78 is 1.88. The Morgan fingerprint density at radius 3 is 2.00 bits per heavy atom. The first kappa shape index (κ1) is 14.8. The quantitative estimate of drug-likeness (QED) is 0.545. The maximum atomic E-state index is 12.7. The molecule has 0 spiro atoms. The highest BCUT2D eigenvalue weighted by Crippen LogP contribution is 2.20. The number of rotatable bonds is 2. The van der Waals surface area contributed by atoms with Crippen LogP contribution < -0.4 is 22.3 Å². The van der Waals surface area contributed by atoms with Crippen molar-refractivity contribution in [1.29, 1.82) is 5.41 Å². The summed E-state index contributed by atoms with van der Waals surface area (Å²) in [5.41, 5.74) is 5.25. The summed E-state index contributed by atoms with van der Waals surface area (Å²) in [5.74, 6) is -0.0995. The van der Waals surface area contributed by atoms with Crippen LogP contribution in [0.1, 0.15) is 0 Å². The summed E-state index contributed by atoms with van der Waals surface area (Å²) in [6.07, 6.45) is 0. The third-order valence-electron chi connectivity index (χ3n) is 3.90. The number of anilines is 1. The highest BCUT2D eigenvalue weighted by Gasteiger charge is 2.18. The predicted molar refractivity (Wildman–Crippen MR) is 93.0 cm³/mol. The molecule has 0 atom stereocenters. The molecule has 0 aliphatic heterocycles. The average Bonchev–Trinajstić information content (AvgIpc) is 2.90. The van der Waals surface area contributed by atoms with Gasteiger partial charge in [0, 0.05) is 0 Å². The van der Waals surface area contributed by atoms with Gasteiger partial charge in [-0.1, -0.05) is 30.3 Å². The summed E-state index contributed by atoms with van der Waals surface area (Å²) in [4.78, 5) is 25.3. The second-order valence-electron chi connectivity index (χ2n) is 5.40. The molecular formula is C17H12N6O2. The summed E-state index contributed by atoms with van der Waals surface area (Å²) >= 11 is 0. The lowest BCUT2D eigenvalue weighted by atomic mass is 10.2. The molecule has 2 heterocycles. The van der Waals surface area contributed by atoms with Gasteiger partial charge in [-0.25, -0.2) is 0 Å². The first-order valence-corrected chi connectivity index (χ1v) is 7.43. The predicted octanol–water partition coefficient (Wildman–Crippen LogP) is 1.83. The first-order chi connectivity index (χ1) is 12.1. The highest BCUT2D eigenvalue weighted by atomic mass is 16.2. The van der Waals surface area contributed by atoms with Crippen LogP contribution in [0.5, 0.6) is 0 Å². The Morgan fingerprint density at radius 1 is 0.800 bits per heavy atom. The van der Waals surface area contributed by atoms with E-state index in [1.54, 1.807) is 48.5 Å². The molecule has 0 radical (unpaired) electrons. The summed E-state index contributed by atoms with van der Waals surface area (Å²) in [6, 6.07) is 15.3. The van der Waals surface area contributed by atoms with Gasteiger partial charge in [0.05, 0.1) is 16.5 Å². The zero-order chi connectivity index (χ0) is 17.6. The van der Waals surface area contributed by atoms with Crippen LogP contribution in [-0.2, 0) is 0 Å². The molecule has 8 nitrogen and oxygen atoms in total. The number of azo groups is 1. The number of aromatic nitrogens is 2. The standard InChI is InChI=1S/C17H12N6O2/c18-14-13(21-20-10-6-2-1-3-7-10)15(19)23-17(25)12-9-5-4-8-11(12)16(24)22(14)23/h1-9,18H,19H2. The van der Waals surface area contributed by atoms with Crippen molar-refractivity contribution in [3.8, 4) is 0 Å². The van der Waals surface area contributed by atoms with Crippen molar-refractivity contribution in [2.45, 2.75) is 0 Å². The van der Waals surface area contributed by atoms with Crippen LogP contribution in [0.2, 0.25) is 0 Å². The van der Waals surface area contributed by atoms with Gasteiger partial charge in [0.2, 0.25) is 0 Å². The molecule has 0 fully saturated rings. The van der Waals surface area contributed by atoms with Gasteiger partial charge in [-0.3, -0.25) is 15.0 Å². The molecule has 0 saturated carbocycles. The van der Waals surface area contributed by atoms with Gasteiger partial charge in [0.15, 0.2) is 17.0 Å². The lowest BCUT2D eigenvalue weighted by Crippen LogP contribution is -2.34. The first-order valence-electron chi connectivity index (χ1n) is 7.43. The smallest absolute Gasteiger partial charge is 0.279 e. The Balaban J connectivity index is 2.07. The van der Waals surface area contributed by atoms with Gasteiger partial charge in [-0.05, 0) is 24.3 Å². The number of fused-ring (bicyclic) bond motifs is 2. The number of nitrogens with two attached hydrogens (primary N) is 1. The largest absolute Gasteiger partial charge is 0.382 e. The Morgan fingerprint density at radius 2 is 1.36 bits per heavy atom.